The first-order chi connectivity index (χ1) is 10.9. The number of hydrogen-bond donors (Lipinski definition) is 1. The van der Waals surface area contributed by atoms with Gasteiger partial charge < -0.3 is 14.9 Å². The Labute approximate surface area is 137 Å². The fourth-order valence-corrected chi connectivity index (χ4v) is 3.93. The SMILES string of the molecule is CCC1(C(=O)N(C)CC(=O)N2CCC(C(=O)O)CC2)CCCC1. The summed E-state index contributed by atoms with van der Waals surface area (Å²) < 4.78 is 0. The van der Waals surface area contributed by atoms with Crippen molar-refractivity contribution in [2.75, 3.05) is 26.7 Å². The van der Waals surface area contributed by atoms with Crippen LogP contribution in [0.5, 0.6) is 0 Å². The predicted molar refractivity (Wildman–Crippen MR) is 85.8 cm³/mol. The standard InChI is InChI=1S/C17H28N2O4/c1-3-17(8-4-5-9-17)16(23)18(2)12-14(20)19-10-6-13(7-11-19)15(21)22/h13H,3-12H2,1-2H3,(H,21,22). The Morgan fingerprint density at radius 2 is 1.74 bits per heavy atom. The maximum absolute atomic E-state index is 12.7. The van der Waals surface area contributed by atoms with Crippen molar-refractivity contribution in [1.29, 1.82) is 0 Å². The van der Waals surface area contributed by atoms with E-state index in [4.69, 9.17) is 5.11 Å². The van der Waals surface area contributed by atoms with Gasteiger partial charge in [-0.2, -0.15) is 0 Å². The molecular formula is C17H28N2O4. The summed E-state index contributed by atoms with van der Waals surface area (Å²) in [5.74, 6) is -1.11. The number of likely N-dealkylation sites (tertiary alicyclic amines) is 1. The third kappa shape index (κ3) is 3.85. The molecule has 0 aromatic heterocycles. The number of nitrogens with zero attached hydrogens (tertiary/aromatic N) is 2. The van der Waals surface area contributed by atoms with E-state index in [0.717, 1.165) is 32.1 Å². The summed E-state index contributed by atoms with van der Waals surface area (Å²) in [6, 6.07) is 0. The van der Waals surface area contributed by atoms with Crippen molar-refractivity contribution in [3.8, 4) is 0 Å². The molecule has 23 heavy (non-hydrogen) atoms. The summed E-state index contributed by atoms with van der Waals surface area (Å²) in [7, 11) is 1.71. The quantitative estimate of drug-likeness (QED) is 0.835. The molecule has 6 nitrogen and oxygen atoms in total. The van der Waals surface area contributed by atoms with E-state index < -0.39 is 5.97 Å². The Bertz CT molecular complexity index is 463. The number of aliphatic carboxylic acids is 1. The largest absolute Gasteiger partial charge is 0.481 e. The number of carbonyl (C=O) groups is 3. The van der Waals surface area contributed by atoms with Crippen LogP contribution in [0.1, 0.15) is 51.9 Å². The third-order valence-corrected chi connectivity index (χ3v) is 5.61. The number of amides is 2. The summed E-state index contributed by atoms with van der Waals surface area (Å²) in [6.07, 6.45) is 5.84. The summed E-state index contributed by atoms with van der Waals surface area (Å²) >= 11 is 0. The molecule has 0 atom stereocenters. The molecule has 0 aromatic rings. The van der Waals surface area contributed by atoms with Crippen molar-refractivity contribution in [3.05, 3.63) is 0 Å². The van der Waals surface area contributed by atoms with Crippen LogP contribution in [-0.4, -0.2) is 59.4 Å². The number of carboxylic acid groups (broad SMARTS) is 1. The predicted octanol–water partition coefficient (Wildman–Crippen LogP) is 1.74. The second kappa shape index (κ2) is 7.32. The zero-order chi connectivity index (χ0) is 17.0. The molecule has 2 aliphatic rings. The zero-order valence-corrected chi connectivity index (χ0v) is 14.2. The lowest BCUT2D eigenvalue weighted by Crippen LogP contribution is -2.48. The topological polar surface area (TPSA) is 77.9 Å². The van der Waals surface area contributed by atoms with Gasteiger partial charge in [0.05, 0.1) is 12.5 Å². The van der Waals surface area contributed by atoms with Crippen LogP contribution in [-0.2, 0) is 14.4 Å². The second-order valence-electron chi connectivity index (χ2n) is 7.00. The van der Waals surface area contributed by atoms with E-state index >= 15 is 0 Å². The van der Waals surface area contributed by atoms with E-state index in [2.05, 4.69) is 6.92 Å². The van der Waals surface area contributed by atoms with Crippen LogP contribution in [0.15, 0.2) is 0 Å². The van der Waals surface area contributed by atoms with Gasteiger partial charge in [-0.25, -0.2) is 0 Å². The van der Waals surface area contributed by atoms with Crippen LogP contribution in [0.4, 0.5) is 0 Å². The van der Waals surface area contributed by atoms with Gasteiger partial charge in [0.1, 0.15) is 0 Å². The summed E-state index contributed by atoms with van der Waals surface area (Å²) in [5.41, 5.74) is -0.272. The van der Waals surface area contributed by atoms with Crippen LogP contribution in [0, 0.1) is 11.3 Å². The van der Waals surface area contributed by atoms with Gasteiger partial charge in [-0.05, 0) is 32.1 Å². The number of carbonyl (C=O) groups excluding carboxylic acids is 2. The van der Waals surface area contributed by atoms with Crippen molar-refractivity contribution in [2.45, 2.75) is 51.9 Å². The average Bonchev–Trinajstić information content (AvgIpc) is 3.04. The summed E-state index contributed by atoms with van der Waals surface area (Å²) in [4.78, 5) is 39.3. The van der Waals surface area contributed by atoms with Crippen LogP contribution in [0.2, 0.25) is 0 Å². The molecule has 1 saturated heterocycles. The fraction of sp³-hybridized carbons (Fsp3) is 0.824. The number of piperidine rings is 1. The Balaban J connectivity index is 1.87. The molecule has 2 fully saturated rings. The lowest BCUT2D eigenvalue weighted by molar-refractivity contribution is -0.148. The maximum atomic E-state index is 12.7. The summed E-state index contributed by atoms with van der Waals surface area (Å²) in [6.45, 7) is 3.08. The fourth-order valence-electron chi connectivity index (χ4n) is 3.93. The van der Waals surface area contributed by atoms with Crippen LogP contribution in [0.25, 0.3) is 0 Å². The highest BCUT2D eigenvalue weighted by atomic mass is 16.4. The Kier molecular flexibility index (Phi) is 5.65. The highest BCUT2D eigenvalue weighted by molar-refractivity contribution is 5.88. The number of likely N-dealkylation sites (N-methyl/N-ethyl adjacent to an activating group) is 1. The lowest BCUT2D eigenvalue weighted by Gasteiger charge is -2.34. The monoisotopic (exact) mass is 324 g/mol. The number of hydrogen-bond acceptors (Lipinski definition) is 3. The first-order valence-electron chi connectivity index (χ1n) is 8.66. The molecule has 1 aliphatic heterocycles. The van der Waals surface area contributed by atoms with E-state index in [1.807, 2.05) is 0 Å². The third-order valence-electron chi connectivity index (χ3n) is 5.61. The molecule has 6 heteroatoms. The van der Waals surface area contributed by atoms with E-state index in [9.17, 15) is 14.4 Å². The van der Waals surface area contributed by atoms with Gasteiger partial charge in [0.25, 0.3) is 0 Å². The highest BCUT2D eigenvalue weighted by Gasteiger charge is 2.41. The Hall–Kier alpha value is -1.59. The molecule has 130 valence electrons. The van der Waals surface area contributed by atoms with Gasteiger partial charge in [-0.15, -0.1) is 0 Å². The van der Waals surface area contributed by atoms with Gasteiger partial charge in [-0.1, -0.05) is 19.8 Å². The molecule has 1 saturated carbocycles. The first kappa shape index (κ1) is 17.8. The zero-order valence-electron chi connectivity index (χ0n) is 14.2. The van der Waals surface area contributed by atoms with Crippen molar-refractivity contribution in [2.24, 2.45) is 11.3 Å². The minimum absolute atomic E-state index is 0.0751. The first-order valence-corrected chi connectivity index (χ1v) is 8.66. The molecule has 2 rings (SSSR count). The van der Waals surface area contributed by atoms with Gasteiger partial charge in [0, 0.05) is 25.6 Å². The minimum atomic E-state index is -0.782. The smallest absolute Gasteiger partial charge is 0.306 e. The highest BCUT2D eigenvalue weighted by Crippen LogP contribution is 2.42. The van der Waals surface area contributed by atoms with E-state index in [0.29, 0.717) is 25.9 Å². The molecule has 0 radical (unpaired) electrons. The van der Waals surface area contributed by atoms with E-state index in [1.54, 1.807) is 16.8 Å². The van der Waals surface area contributed by atoms with Gasteiger partial charge >= 0.3 is 5.97 Å². The lowest BCUT2D eigenvalue weighted by atomic mass is 9.82. The van der Waals surface area contributed by atoms with Crippen molar-refractivity contribution in [3.63, 3.8) is 0 Å². The molecular weight excluding hydrogens is 296 g/mol. The normalized spacial score (nSPS) is 21.2. The number of rotatable bonds is 5. The molecule has 1 heterocycles. The van der Waals surface area contributed by atoms with Crippen molar-refractivity contribution < 1.29 is 19.5 Å². The minimum Gasteiger partial charge on any atom is -0.481 e. The number of carboxylic acids is 1. The van der Waals surface area contributed by atoms with Gasteiger partial charge in [0.15, 0.2) is 0 Å². The van der Waals surface area contributed by atoms with Gasteiger partial charge in [0.2, 0.25) is 11.8 Å². The van der Waals surface area contributed by atoms with Crippen LogP contribution < -0.4 is 0 Å². The summed E-state index contributed by atoms with van der Waals surface area (Å²) in [5, 5.41) is 9.00. The molecule has 0 bridgehead atoms. The van der Waals surface area contributed by atoms with Crippen molar-refractivity contribution in [1.82, 2.24) is 9.80 Å². The molecule has 0 aromatic carbocycles. The van der Waals surface area contributed by atoms with E-state index in [-0.39, 0.29) is 29.7 Å². The molecule has 1 N–H and O–H groups in total. The molecule has 0 unspecified atom stereocenters. The maximum Gasteiger partial charge on any atom is 0.306 e. The Morgan fingerprint density at radius 1 is 1.17 bits per heavy atom. The molecule has 1 aliphatic carbocycles. The van der Waals surface area contributed by atoms with Gasteiger partial charge in [-0.3, -0.25) is 14.4 Å². The average molecular weight is 324 g/mol. The van der Waals surface area contributed by atoms with E-state index in [1.165, 1.54) is 0 Å². The molecule has 0 spiro atoms. The Morgan fingerprint density at radius 3 is 2.22 bits per heavy atom. The van der Waals surface area contributed by atoms with Crippen LogP contribution in [0.3, 0.4) is 0 Å². The molecule has 2 amide bonds. The second-order valence-corrected chi connectivity index (χ2v) is 7.00. The van der Waals surface area contributed by atoms with Crippen LogP contribution >= 0.6 is 0 Å². The van der Waals surface area contributed by atoms with Crippen molar-refractivity contribution >= 4 is 17.8 Å².